The van der Waals surface area contributed by atoms with E-state index in [9.17, 15) is 4.39 Å². The van der Waals surface area contributed by atoms with Crippen LogP contribution in [0.5, 0.6) is 0 Å². The van der Waals surface area contributed by atoms with E-state index in [0.29, 0.717) is 12.1 Å². The summed E-state index contributed by atoms with van der Waals surface area (Å²) in [5.41, 5.74) is 2.49. The molecule has 2 atom stereocenters. The van der Waals surface area contributed by atoms with Crippen LogP contribution < -0.4 is 5.32 Å². The Kier molecular flexibility index (Phi) is 4.50. The van der Waals surface area contributed by atoms with Crippen LogP contribution in [-0.4, -0.2) is 6.04 Å². The van der Waals surface area contributed by atoms with Crippen LogP contribution >= 0.6 is 11.3 Å². The number of hydrogen-bond acceptors (Lipinski definition) is 2. The van der Waals surface area contributed by atoms with Gasteiger partial charge in [0.25, 0.3) is 0 Å². The van der Waals surface area contributed by atoms with Crippen LogP contribution in [0.1, 0.15) is 31.0 Å². The summed E-state index contributed by atoms with van der Waals surface area (Å²) in [6, 6.07) is 9.60. The highest BCUT2D eigenvalue weighted by atomic mass is 32.1. The van der Waals surface area contributed by atoms with E-state index >= 15 is 0 Å². The van der Waals surface area contributed by atoms with Crippen LogP contribution in [0, 0.1) is 5.82 Å². The van der Waals surface area contributed by atoms with E-state index < -0.39 is 0 Å². The Morgan fingerprint density at radius 2 is 1.89 bits per heavy atom. The lowest BCUT2D eigenvalue weighted by Gasteiger charge is -2.19. The van der Waals surface area contributed by atoms with Crippen LogP contribution in [0.15, 0.2) is 41.1 Å². The minimum absolute atomic E-state index is 0.175. The third-order valence-corrected chi connectivity index (χ3v) is 3.73. The zero-order valence-electron chi connectivity index (χ0n) is 10.7. The van der Waals surface area contributed by atoms with Crippen molar-refractivity contribution in [1.82, 2.24) is 5.32 Å². The van der Waals surface area contributed by atoms with Crippen LogP contribution in [0.25, 0.3) is 0 Å². The largest absolute Gasteiger partial charge is 0.307 e. The second-order valence-corrected chi connectivity index (χ2v) is 5.46. The first-order valence-corrected chi connectivity index (χ1v) is 7.12. The van der Waals surface area contributed by atoms with Crippen molar-refractivity contribution in [3.8, 4) is 0 Å². The summed E-state index contributed by atoms with van der Waals surface area (Å²) in [7, 11) is 0. The fourth-order valence-electron chi connectivity index (χ4n) is 2.08. The zero-order chi connectivity index (χ0) is 13.0. The summed E-state index contributed by atoms with van der Waals surface area (Å²) in [6.07, 6.45) is 0.911. The molecule has 1 nitrogen and oxygen atoms in total. The topological polar surface area (TPSA) is 12.0 Å². The second-order valence-electron chi connectivity index (χ2n) is 4.68. The first-order valence-electron chi connectivity index (χ1n) is 6.17. The SMILES string of the molecule is CC(Cc1ccc(F)cc1)NC(C)c1ccsc1. The van der Waals surface area contributed by atoms with Gasteiger partial charge in [-0.15, -0.1) is 0 Å². The van der Waals surface area contributed by atoms with Gasteiger partial charge >= 0.3 is 0 Å². The summed E-state index contributed by atoms with van der Waals surface area (Å²) in [4.78, 5) is 0. The van der Waals surface area contributed by atoms with E-state index in [4.69, 9.17) is 0 Å². The number of thiophene rings is 1. The fraction of sp³-hybridized carbons (Fsp3) is 0.333. The molecule has 0 saturated heterocycles. The minimum Gasteiger partial charge on any atom is -0.307 e. The van der Waals surface area contributed by atoms with Crippen LogP contribution in [0.2, 0.25) is 0 Å². The lowest BCUT2D eigenvalue weighted by atomic mass is 10.1. The first kappa shape index (κ1) is 13.2. The smallest absolute Gasteiger partial charge is 0.123 e. The molecule has 1 heterocycles. The van der Waals surface area contributed by atoms with Crippen LogP contribution in [-0.2, 0) is 6.42 Å². The lowest BCUT2D eigenvalue weighted by Crippen LogP contribution is -2.30. The Morgan fingerprint density at radius 1 is 1.17 bits per heavy atom. The molecule has 0 spiro atoms. The predicted molar refractivity (Wildman–Crippen MR) is 75.4 cm³/mol. The molecule has 0 aliphatic heterocycles. The molecule has 0 saturated carbocycles. The summed E-state index contributed by atoms with van der Waals surface area (Å²) in [6.45, 7) is 4.33. The maximum atomic E-state index is 12.8. The van der Waals surface area contributed by atoms with E-state index in [-0.39, 0.29) is 5.82 Å². The lowest BCUT2D eigenvalue weighted by molar-refractivity contribution is 0.477. The molecule has 0 aliphatic rings. The molecule has 1 aromatic carbocycles. The molecule has 0 aliphatic carbocycles. The molecule has 1 N–H and O–H groups in total. The van der Waals surface area contributed by atoms with Gasteiger partial charge in [0.2, 0.25) is 0 Å². The molecule has 1 aromatic heterocycles. The van der Waals surface area contributed by atoms with E-state index in [1.54, 1.807) is 11.3 Å². The molecule has 2 aromatic rings. The molecular weight excluding hydrogens is 245 g/mol. The molecular formula is C15H18FNS. The van der Waals surface area contributed by atoms with E-state index in [2.05, 4.69) is 36.0 Å². The van der Waals surface area contributed by atoms with Crippen molar-refractivity contribution >= 4 is 11.3 Å². The highest BCUT2D eigenvalue weighted by molar-refractivity contribution is 7.07. The van der Waals surface area contributed by atoms with E-state index in [1.165, 1.54) is 17.7 Å². The summed E-state index contributed by atoms with van der Waals surface area (Å²) < 4.78 is 12.8. The normalized spacial score (nSPS) is 14.4. The molecule has 0 radical (unpaired) electrons. The maximum absolute atomic E-state index is 12.8. The second kappa shape index (κ2) is 6.12. The number of hydrogen-bond donors (Lipinski definition) is 1. The third kappa shape index (κ3) is 3.65. The van der Waals surface area contributed by atoms with E-state index in [0.717, 1.165) is 12.0 Å². The Bertz CT molecular complexity index is 464. The van der Waals surface area contributed by atoms with Crippen molar-refractivity contribution in [2.75, 3.05) is 0 Å². The highest BCUT2D eigenvalue weighted by Gasteiger charge is 2.10. The molecule has 18 heavy (non-hydrogen) atoms. The zero-order valence-corrected chi connectivity index (χ0v) is 11.5. The van der Waals surface area contributed by atoms with Gasteiger partial charge in [-0.2, -0.15) is 11.3 Å². The number of benzene rings is 1. The summed E-state index contributed by atoms with van der Waals surface area (Å²) in [5, 5.41) is 7.82. The monoisotopic (exact) mass is 263 g/mol. The quantitative estimate of drug-likeness (QED) is 0.853. The Labute approximate surface area is 112 Å². The minimum atomic E-state index is -0.175. The van der Waals surface area contributed by atoms with Gasteiger partial charge in [0.1, 0.15) is 5.82 Å². The van der Waals surface area contributed by atoms with Gasteiger partial charge < -0.3 is 5.32 Å². The molecule has 0 fully saturated rings. The van der Waals surface area contributed by atoms with Crippen molar-refractivity contribution < 1.29 is 4.39 Å². The molecule has 3 heteroatoms. The van der Waals surface area contributed by atoms with Crippen molar-refractivity contribution in [2.45, 2.75) is 32.4 Å². The van der Waals surface area contributed by atoms with Crippen LogP contribution in [0.3, 0.4) is 0 Å². The number of nitrogens with one attached hydrogen (secondary N) is 1. The maximum Gasteiger partial charge on any atom is 0.123 e. The average molecular weight is 263 g/mol. The van der Waals surface area contributed by atoms with Crippen LogP contribution in [0.4, 0.5) is 4.39 Å². The summed E-state index contributed by atoms with van der Waals surface area (Å²) in [5.74, 6) is -0.175. The van der Waals surface area contributed by atoms with E-state index in [1.807, 2.05) is 12.1 Å². The van der Waals surface area contributed by atoms with Gasteiger partial charge in [-0.1, -0.05) is 12.1 Å². The molecule has 0 amide bonds. The Hall–Kier alpha value is -1.19. The molecule has 2 unspecified atom stereocenters. The van der Waals surface area contributed by atoms with Gasteiger partial charge in [-0.3, -0.25) is 0 Å². The fourth-order valence-corrected chi connectivity index (χ4v) is 2.83. The molecule has 0 bridgehead atoms. The van der Waals surface area contributed by atoms with Crippen molar-refractivity contribution in [2.24, 2.45) is 0 Å². The van der Waals surface area contributed by atoms with Gasteiger partial charge in [0.15, 0.2) is 0 Å². The highest BCUT2D eigenvalue weighted by Crippen LogP contribution is 2.17. The van der Waals surface area contributed by atoms with Crippen molar-refractivity contribution in [3.05, 3.63) is 58.0 Å². The molecule has 96 valence electrons. The Balaban J connectivity index is 1.88. The third-order valence-electron chi connectivity index (χ3n) is 3.03. The Morgan fingerprint density at radius 3 is 2.50 bits per heavy atom. The van der Waals surface area contributed by atoms with Crippen molar-refractivity contribution in [1.29, 1.82) is 0 Å². The van der Waals surface area contributed by atoms with Crippen molar-refractivity contribution in [3.63, 3.8) is 0 Å². The number of rotatable bonds is 5. The molecule has 2 rings (SSSR count). The predicted octanol–water partition coefficient (Wildman–Crippen LogP) is 4.17. The standard InChI is InChI=1S/C15H18FNS/c1-11(9-13-3-5-15(16)6-4-13)17-12(2)14-7-8-18-10-14/h3-8,10-12,17H,9H2,1-2H3. The van der Waals surface area contributed by atoms with Gasteiger partial charge in [-0.25, -0.2) is 4.39 Å². The number of halogens is 1. The van der Waals surface area contributed by atoms with Gasteiger partial charge in [-0.05, 0) is 60.4 Å². The van der Waals surface area contributed by atoms with Gasteiger partial charge in [0, 0.05) is 12.1 Å². The average Bonchev–Trinajstić information content (AvgIpc) is 2.85. The summed E-state index contributed by atoms with van der Waals surface area (Å²) >= 11 is 1.72. The van der Waals surface area contributed by atoms with Gasteiger partial charge in [0.05, 0.1) is 0 Å². The first-order chi connectivity index (χ1) is 8.65.